The lowest BCUT2D eigenvalue weighted by Gasteiger charge is -2.35. The molecule has 1 atom stereocenters. The largest absolute Gasteiger partial charge is 0.443 e. The van der Waals surface area contributed by atoms with Crippen molar-refractivity contribution in [2.24, 2.45) is 7.05 Å². The van der Waals surface area contributed by atoms with E-state index in [0.717, 1.165) is 47.2 Å². The highest BCUT2D eigenvalue weighted by Gasteiger charge is 2.32. The third-order valence-corrected chi connectivity index (χ3v) is 6.27. The van der Waals surface area contributed by atoms with Crippen molar-refractivity contribution >= 4 is 17.0 Å². The number of aryl methyl sites for hydroxylation is 1. The summed E-state index contributed by atoms with van der Waals surface area (Å²) in [6, 6.07) is 12.2. The number of piperidine rings is 1. The van der Waals surface area contributed by atoms with E-state index in [9.17, 15) is 9.18 Å². The van der Waals surface area contributed by atoms with Crippen LogP contribution in [-0.2, 0) is 13.5 Å². The van der Waals surface area contributed by atoms with Gasteiger partial charge >= 0.3 is 0 Å². The van der Waals surface area contributed by atoms with Gasteiger partial charge < -0.3 is 9.32 Å². The Labute approximate surface area is 185 Å². The van der Waals surface area contributed by atoms with Crippen LogP contribution in [0.25, 0.3) is 22.4 Å². The van der Waals surface area contributed by atoms with E-state index >= 15 is 0 Å². The highest BCUT2D eigenvalue weighted by atomic mass is 19.1. The van der Waals surface area contributed by atoms with E-state index in [1.165, 1.54) is 12.1 Å². The molecule has 7 heteroatoms. The zero-order valence-corrected chi connectivity index (χ0v) is 18.2. The molecule has 6 nitrogen and oxygen atoms in total. The second-order valence-electron chi connectivity index (χ2n) is 8.42. The van der Waals surface area contributed by atoms with Crippen LogP contribution < -0.4 is 0 Å². The fourth-order valence-electron chi connectivity index (χ4n) is 4.72. The lowest BCUT2D eigenvalue weighted by Crippen LogP contribution is -2.45. The Morgan fingerprint density at radius 1 is 1.22 bits per heavy atom. The molecule has 1 fully saturated rings. The summed E-state index contributed by atoms with van der Waals surface area (Å²) in [7, 11) is 1.82. The van der Waals surface area contributed by atoms with Crippen LogP contribution in [0.15, 0.2) is 53.1 Å². The van der Waals surface area contributed by atoms with Crippen molar-refractivity contribution in [2.45, 2.75) is 38.6 Å². The van der Waals surface area contributed by atoms with Gasteiger partial charge in [-0.15, -0.1) is 0 Å². The monoisotopic (exact) mass is 432 g/mol. The molecule has 5 rings (SSSR count). The number of nitrogens with zero attached hydrogens (tertiary/aromatic N) is 4. The average Bonchev–Trinajstić information content (AvgIpc) is 3.34. The van der Waals surface area contributed by atoms with Gasteiger partial charge in [-0.1, -0.05) is 0 Å². The molecule has 3 aromatic heterocycles. The van der Waals surface area contributed by atoms with E-state index in [2.05, 4.69) is 10.1 Å². The third kappa shape index (κ3) is 3.68. The second-order valence-corrected chi connectivity index (χ2v) is 8.42. The van der Waals surface area contributed by atoms with Crippen LogP contribution in [-0.4, -0.2) is 38.2 Å². The molecule has 0 saturated carbocycles. The molecule has 0 spiro atoms. The summed E-state index contributed by atoms with van der Waals surface area (Å²) in [6.07, 6.45) is 5.34. The number of amides is 1. The van der Waals surface area contributed by atoms with Gasteiger partial charge in [-0.25, -0.2) is 9.37 Å². The predicted octanol–water partition coefficient (Wildman–Crippen LogP) is 4.91. The summed E-state index contributed by atoms with van der Waals surface area (Å²) in [5.74, 6) is 0.486. The van der Waals surface area contributed by atoms with Crippen LogP contribution in [0.1, 0.15) is 41.1 Å². The molecular weight excluding hydrogens is 407 g/mol. The summed E-state index contributed by atoms with van der Waals surface area (Å²) < 4.78 is 21.0. The van der Waals surface area contributed by atoms with Crippen LogP contribution in [0.4, 0.5) is 4.39 Å². The van der Waals surface area contributed by atoms with Crippen molar-refractivity contribution in [3.63, 3.8) is 0 Å². The molecule has 0 N–H and O–H groups in total. The molecule has 1 amide bonds. The third-order valence-electron chi connectivity index (χ3n) is 6.27. The number of hydrogen-bond acceptors (Lipinski definition) is 4. The van der Waals surface area contributed by atoms with E-state index in [4.69, 9.17) is 4.42 Å². The van der Waals surface area contributed by atoms with Crippen LogP contribution in [0, 0.1) is 12.7 Å². The maximum absolute atomic E-state index is 13.6. The summed E-state index contributed by atoms with van der Waals surface area (Å²) in [4.78, 5) is 19.8. The van der Waals surface area contributed by atoms with E-state index in [-0.39, 0.29) is 17.8 Å². The molecule has 0 aliphatic carbocycles. The van der Waals surface area contributed by atoms with Crippen LogP contribution in [0.3, 0.4) is 0 Å². The molecule has 4 heterocycles. The summed E-state index contributed by atoms with van der Waals surface area (Å²) >= 11 is 0. The normalized spacial score (nSPS) is 16.6. The number of pyridine rings is 1. The molecule has 1 aromatic carbocycles. The lowest BCUT2D eigenvalue weighted by molar-refractivity contribution is 0.0600. The fourth-order valence-corrected chi connectivity index (χ4v) is 4.72. The smallest absolute Gasteiger partial charge is 0.274 e. The van der Waals surface area contributed by atoms with Gasteiger partial charge in [-0.2, -0.15) is 5.10 Å². The Balaban J connectivity index is 1.43. The highest BCUT2D eigenvalue weighted by molar-refractivity contribution is 5.95. The quantitative estimate of drug-likeness (QED) is 0.460. The predicted molar refractivity (Wildman–Crippen MR) is 120 cm³/mol. The van der Waals surface area contributed by atoms with E-state index in [0.29, 0.717) is 24.4 Å². The number of likely N-dealkylation sites (tertiary alicyclic amines) is 1. The van der Waals surface area contributed by atoms with E-state index in [1.54, 1.807) is 23.0 Å². The van der Waals surface area contributed by atoms with Crippen molar-refractivity contribution in [1.29, 1.82) is 0 Å². The summed E-state index contributed by atoms with van der Waals surface area (Å²) in [6.45, 7) is 2.60. The van der Waals surface area contributed by atoms with Crippen LogP contribution in [0.5, 0.6) is 0 Å². The molecule has 1 aliphatic heterocycles. The van der Waals surface area contributed by atoms with Gasteiger partial charge in [0.1, 0.15) is 11.6 Å². The zero-order valence-electron chi connectivity index (χ0n) is 18.2. The number of halogens is 1. The van der Waals surface area contributed by atoms with Gasteiger partial charge in [0.05, 0.1) is 5.69 Å². The SMILES string of the molecule is Cc1c(C(=O)N2CCCCC2Cc2cc3cccnc3o2)nn(C)c1-c1ccc(F)cc1. The van der Waals surface area contributed by atoms with Crippen molar-refractivity contribution in [2.75, 3.05) is 6.54 Å². The van der Waals surface area contributed by atoms with E-state index < -0.39 is 0 Å². The zero-order chi connectivity index (χ0) is 22.2. The molecule has 164 valence electrons. The maximum Gasteiger partial charge on any atom is 0.274 e. The standard InChI is InChI=1S/C25H25FN4O2/c1-16-22(28-29(2)23(16)17-8-10-19(26)11-9-17)25(31)30-13-4-3-7-20(30)15-21-14-18-6-5-12-27-24(18)32-21/h5-6,8-12,14,20H,3-4,7,13,15H2,1-2H3. The number of aromatic nitrogens is 3. The Kier molecular flexibility index (Phi) is 5.25. The van der Waals surface area contributed by atoms with Gasteiger partial charge in [0.2, 0.25) is 5.71 Å². The van der Waals surface area contributed by atoms with Gasteiger partial charge in [-0.3, -0.25) is 9.48 Å². The number of rotatable bonds is 4. The van der Waals surface area contributed by atoms with Crippen LogP contribution in [0.2, 0.25) is 0 Å². The van der Waals surface area contributed by atoms with Crippen molar-refractivity contribution < 1.29 is 13.6 Å². The Morgan fingerprint density at radius 3 is 2.81 bits per heavy atom. The topological polar surface area (TPSA) is 64.2 Å². The first-order chi connectivity index (χ1) is 15.5. The van der Waals surface area contributed by atoms with Crippen molar-refractivity contribution in [3.05, 3.63) is 71.5 Å². The first kappa shape index (κ1) is 20.4. The number of carbonyl (C=O) groups is 1. The molecule has 1 aliphatic rings. The molecule has 1 unspecified atom stereocenters. The first-order valence-corrected chi connectivity index (χ1v) is 10.9. The minimum Gasteiger partial charge on any atom is -0.443 e. The lowest BCUT2D eigenvalue weighted by atomic mass is 9.97. The van der Waals surface area contributed by atoms with Crippen molar-refractivity contribution in [1.82, 2.24) is 19.7 Å². The molecule has 32 heavy (non-hydrogen) atoms. The van der Waals surface area contributed by atoms with Gasteiger partial charge in [0.15, 0.2) is 5.69 Å². The number of benzene rings is 1. The van der Waals surface area contributed by atoms with Gasteiger partial charge in [0.25, 0.3) is 5.91 Å². The van der Waals surface area contributed by atoms with Gasteiger partial charge in [0, 0.05) is 48.8 Å². The van der Waals surface area contributed by atoms with Crippen molar-refractivity contribution in [3.8, 4) is 11.3 Å². The molecule has 0 radical (unpaired) electrons. The summed E-state index contributed by atoms with van der Waals surface area (Å²) in [5, 5.41) is 5.53. The average molecular weight is 432 g/mol. The van der Waals surface area contributed by atoms with Crippen LogP contribution >= 0.6 is 0 Å². The Morgan fingerprint density at radius 2 is 2.03 bits per heavy atom. The first-order valence-electron chi connectivity index (χ1n) is 10.9. The highest BCUT2D eigenvalue weighted by Crippen LogP contribution is 2.29. The summed E-state index contributed by atoms with van der Waals surface area (Å²) in [5.41, 5.74) is 3.54. The second kappa shape index (κ2) is 8.22. The number of hydrogen-bond donors (Lipinski definition) is 0. The minimum atomic E-state index is -0.290. The molecule has 1 saturated heterocycles. The molecular formula is C25H25FN4O2. The maximum atomic E-state index is 13.6. The molecule has 0 bridgehead atoms. The number of furan rings is 1. The molecule has 4 aromatic rings. The van der Waals surface area contributed by atoms with Gasteiger partial charge in [-0.05, 0) is 68.7 Å². The Bertz CT molecular complexity index is 1240. The Hall–Kier alpha value is -3.48. The fraction of sp³-hybridized carbons (Fsp3) is 0.320. The number of fused-ring (bicyclic) bond motifs is 1. The van der Waals surface area contributed by atoms with E-state index in [1.807, 2.05) is 37.1 Å². The minimum absolute atomic E-state index is 0.0486. The number of carbonyl (C=O) groups excluding carboxylic acids is 1.